The van der Waals surface area contributed by atoms with Crippen molar-refractivity contribution in [2.45, 2.75) is 37.5 Å². The van der Waals surface area contributed by atoms with E-state index in [9.17, 15) is 26.5 Å². The molecular formula is C24H27Cl2N2O8PS2. The van der Waals surface area contributed by atoms with E-state index < -0.39 is 55.0 Å². The van der Waals surface area contributed by atoms with Crippen LogP contribution in [0.2, 0.25) is 10.0 Å². The largest absolute Gasteiger partial charge is 0.504 e. The summed E-state index contributed by atoms with van der Waals surface area (Å²) in [6.07, 6.45) is 0. The van der Waals surface area contributed by atoms with Gasteiger partial charge in [-0.15, -0.1) is 0 Å². The van der Waals surface area contributed by atoms with Crippen molar-refractivity contribution in [2.24, 2.45) is 0 Å². The Kier molecular flexibility index (Phi) is 9.65. The predicted molar refractivity (Wildman–Crippen MR) is 152 cm³/mol. The zero-order chi connectivity index (χ0) is 29.2. The predicted octanol–water partition coefficient (Wildman–Crippen LogP) is 6.49. The van der Waals surface area contributed by atoms with Gasteiger partial charge in [-0.05, 0) is 58.0 Å². The lowest BCUT2D eigenvalue weighted by Gasteiger charge is -2.31. The summed E-state index contributed by atoms with van der Waals surface area (Å²) in [6, 6.07) is 12.4. The number of sulfonamides is 2. The third kappa shape index (κ3) is 6.54. The van der Waals surface area contributed by atoms with Crippen molar-refractivity contribution in [1.29, 1.82) is 0 Å². The summed E-state index contributed by atoms with van der Waals surface area (Å²) in [5.41, 5.74) is 0.500. The van der Waals surface area contributed by atoms with Crippen LogP contribution >= 0.6 is 30.9 Å². The van der Waals surface area contributed by atoms with E-state index in [1.165, 1.54) is 50.2 Å². The van der Waals surface area contributed by atoms with E-state index >= 15 is 0 Å². The Morgan fingerprint density at radius 2 is 1.31 bits per heavy atom. The highest BCUT2D eigenvalue weighted by Crippen LogP contribution is 2.60. The van der Waals surface area contributed by atoms with E-state index in [0.29, 0.717) is 4.08 Å². The number of aryl methyl sites for hydroxylation is 2. The number of nitrogens with zero attached hydrogens (tertiary/aromatic N) is 1. The standard InChI is InChI=1S/C24H27Cl2N2O8PS2/c1-5-35-37(30,36-6-2)28(39(33,34)19-13-9-17(4)10-14-19)21-15-20(24(29)23(26)22(21)25)27-38(31,32)18-11-7-16(3)8-12-18/h7-15,27,29H,5-6H2,1-4H3. The molecule has 3 aromatic carbocycles. The SMILES string of the molecule is CCOP(=O)(OCC)N(c1cc(NS(=O)(=O)c2ccc(C)cc2)c(O)c(Cl)c1Cl)S(=O)(=O)c1ccc(C)cc1. The lowest BCUT2D eigenvalue weighted by Crippen LogP contribution is -2.30. The smallest absolute Gasteiger partial charge is 0.449 e. The average Bonchev–Trinajstić information content (AvgIpc) is 2.86. The van der Waals surface area contributed by atoms with Crippen LogP contribution in [0.4, 0.5) is 11.4 Å². The van der Waals surface area contributed by atoms with Gasteiger partial charge in [-0.3, -0.25) is 13.8 Å². The molecule has 0 unspecified atom stereocenters. The maximum atomic E-state index is 14.0. The van der Waals surface area contributed by atoms with Crippen molar-refractivity contribution in [3.05, 3.63) is 75.8 Å². The molecule has 0 saturated heterocycles. The highest BCUT2D eigenvalue weighted by Gasteiger charge is 2.45. The van der Waals surface area contributed by atoms with Crippen LogP contribution in [0, 0.1) is 13.8 Å². The zero-order valence-electron chi connectivity index (χ0n) is 21.4. The Labute approximate surface area is 238 Å². The van der Waals surface area contributed by atoms with Crippen molar-refractivity contribution in [1.82, 2.24) is 0 Å². The minimum absolute atomic E-state index is 0.140. The average molecular weight is 638 g/mol. The first kappa shape index (κ1) is 31.2. The molecule has 0 heterocycles. The van der Waals surface area contributed by atoms with Crippen molar-refractivity contribution in [3.63, 3.8) is 0 Å². The van der Waals surface area contributed by atoms with Gasteiger partial charge in [-0.25, -0.2) is 21.4 Å². The molecule has 0 saturated carbocycles. The van der Waals surface area contributed by atoms with Crippen LogP contribution in [-0.4, -0.2) is 35.2 Å². The normalized spacial score (nSPS) is 12.4. The molecule has 3 aromatic rings. The molecule has 0 aliphatic carbocycles. The molecule has 0 spiro atoms. The summed E-state index contributed by atoms with van der Waals surface area (Å²) in [5, 5.41) is 9.52. The van der Waals surface area contributed by atoms with Gasteiger partial charge in [-0.2, -0.15) is 4.08 Å². The minimum Gasteiger partial charge on any atom is -0.504 e. The van der Waals surface area contributed by atoms with Gasteiger partial charge in [-0.1, -0.05) is 58.6 Å². The first-order valence-corrected chi connectivity index (χ1v) is 16.7. The number of benzene rings is 3. The highest BCUT2D eigenvalue weighted by atomic mass is 35.5. The molecule has 39 heavy (non-hydrogen) atoms. The van der Waals surface area contributed by atoms with Gasteiger partial charge >= 0.3 is 7.75 Å². The molecule has 0 aliphatic heterocycles. The van der Waals surface area contributed by atoms with Gasteiger partial charge in [0.25, 0.3) is 20.0 Å². The Balaban J connectivity index is 2.30. The summed E-state index contributed by atoms with van der Waals surface area (Å²) < 4.78 is 81.2. The molecular weight excluding hydrogens is 610 g/mol. The van der Waals surface area contributed by atoms with Gasteiger partial charge in [0.15, 0.2) is 5.75 Å². The molecule has 0 amide bonds. The lowest BCUT2D eigenvalue weighted by atomic mass is 10.2. The Morgan fingerprint density at radius 1 is 0.846 bits per heavy atom. The molecule has 0 bridgehead atoms. The van der Waals surface area contributed by atoms with E-state index in [1.807, 2.05) is 0 Å². The topological polar surface area (TPSA) is 139 Å². The summed E-state index contributed by atoms with van der Waals surface area (Å²) >= 11 is 12.6. The number of nitrogens with one attached hydrogen (secondary N) is 1. The fraction of sp³-hybridized carbons (Fsp3) is 0.250. The number of rotatable bonds is 11. The molecule has 3 rings (SSSR count). The molecule has 212 valence electrons. The van der Waals surface area contributed by atoms with E-state index in [1.54, 1.807) is 26.0 Å². The number of hydrogen-bond acceptors (Lipinski definition) is 8. The summed E-state index contributed by atoms with van der Waals surface area (Å²) in [6.45, 7) is 6.06. The van der Waals surface area contributed by atoms with Crippen molar-refractivity contribution >= 4 is 62.4 Å². The number of hydrogen-bond donors (Lipinski definition) is 2. The molecule has 2 N–H and O–H groups in total. The van der Waals surface area contributed by atoms with E-state index in [-0.39, 0.29) is 23.0 Å². The van der Waals surface area contributed by atoms with Crippen LogP contribution in [0.5, 0.6) is 5.75 Å². The number of anilines is 2. The Bertz CT molecular complexity index is 1610. The van der Waals surface area contributed by atoms with Gasteiger partial charge in [0.2, 0.25) is 0 Å². The van der Waals surface area contributed by atoms with E-state index in [2.05, 4.69) is 4.72 Å². The lowest BCUT2D eigenvalue weighted by molar-refractivity contribution is 0.221. The maximum Gasteiger partial charge on any atom is 0.449 e. The molecule has 0 aromatic heterocycles. The summed E-state index contributed by atoms with van der Waals surface area (Å²) in [7, 11) is -13.7. The first-order chi connectivity index (χ1) is 18.2. The zero-order valence-corrected chi connectivity index (χ0v) is 25.4. The quantitative estimate of drug-likeness (QED) is 0.180. The minimum atomic E-state index is -4.72. The third-order valence-corrected chi connectivity index (χ3v) is 12.1. The van der Waals surface area contributed by atoms with Crippen molar-refractivity contribution in [2.75, 3.05) is 22.0 Å². The van der Waals surface area contributed by atoms with E-state index in [0.717, 1.165) is 17.2 Å². The number of phenolic OH excluding ortho intramolecular Hbond substituents is 1. The van der Waals surface area contributed by atoms with Crippen LogP contribution in [0.15, 0.2) is 64.4 Å². The van der Waals surface area contributed by atoms with Crippen molar-refractivity contribution in [3.8, 4) is 5.75 Å². The number of aromatic hydroxyl groups is 1. The number of phenols is 1. The Morgan fingerprint density at radius 3 is 1.77 bits per heavy atom. The second kappa shape index (κ2) is 12.1. The van der Waals surface area contributed by atoms with Gasteiger partial charge in [0.05, 0.1) is 39.4 Å². The second-order valence-electron chi connectivity index (χ2n) is 8.20. The van der Waals surface area contributed by atoms with E-state index in [4.69, 9.17) is 32.2 Å². The van der Waals surface area contributed by atoms with Crippen molar-refractivity contribution < 1.29 is 35.6 Å². The summed E-state index contributed by atoms with van der Waals surface area (Å²) in [5.74, 6) is -0.781. The fourth-order valence-electron chi connectivity index (χ4n) is 3.41. The fourth-order valence-corrected chi connectivity index (χ4v) is 9.07. The second-order valence-corrected chi connectivity index (χ2v) is 14.6. The summed E-state index contributed by atoms with van der Waals surface area (Å²) in [4.78, 5) is -0.423. The van der Waals surface area contributed by atoms with Crippen LogP contribution in [0.1, 0.15) is 25.0 Å². The highest BCUT2D eigenvalue weighted by molar-refractivity contribution is 7.99. The van der Waals surface area contributed by atoms with Crippen LogP contribution in [-0.2, 0) is 33.7 Å². The molecule has 0 atom stereocenters. The molecule has 0 fully saturated rings. The van der Waals surface area contributed by atoms with Gasteiger partial charge < -0.3 is 5.11 Å². The number of halogens is 2. The molecule has 15 heteroatoms. The van der Waals surface area contributed by atoms with Gasteiger partial charge in [0.1, 0.15) is 5.02 Å². The first-order valence-electron chi connectivity index (χ1n) is 11.5. The molecule has 0 aliphatic rings. The molecule has 10 nitrogen and oxygen atoms in total. The third-order valence-electron chi connectivity index (χ3n) is 5.30. The van der Waals surface area contributed by atoms with Crippen LogP contribution in [0.3, 0.4) is 0 Å². The maximum absolute atomic E-state index is 14.0. The Hall–Kier alpha value is -2.31. The van der Waals surface area contributed by atoms with Crippen LogP contribution in [0.25, 0.3) is 0 Å². The van der Waals surface area contributed by atoms with Gasteiger partial charge in [0, 0.05) is 0 Å². The monoisotopic (exact) mass is 636 g/mol. The van der Waals surface area contributed by atoms with Crippen LogP contribution < -0.4 is 8.80 Å². The molecule has 0 radical (unpaired) electrons.